The number of carbonyl (C=O) groups excluding carboxylic acids is 1. The summed E-state index contributed by atoms with van der Waals surface area (Å²) in [6.07, 6.45) is 0.195. The summed E-state index contributed by atoms with van der Waals surface area (Å²) in [5.41, 5.74) is 4.09. The van der Waals surface area contributed by atoms with Gasteiger partial charge in [-0.25, -0.2) is 8.42 Å². The molecular formula is C28H24N2O5S2. The van der Waals surface area contributed by atoms with Gasteiger partial charge >= 0.3 is 5.97 Å². The van der Waals surface area contributed by atoms with E-state index in [1.165, 1.54) is 11.3 Å². The Labute approximate surface area is 219 Å². The summed E-state index contributed by atoms with van der Waals surface area (Å²) in [7, 11) is -3.86. The molecule has 0 saturated heterocycles. The van der Waals surface area contributed by atoms with Crippen molar-refractivity contribution in [2.45, 2.75) is 30.8 Å². The van der Waals surface area contributed by atoms with Crippen LogP contribution in [0.3, 0.4) is 0 Å². The number of sulfonamides is 1. The Morgan fingerprint density at radius 2 is 1.57 bits per heavy atom. The second-order valence-corrected chi connectivity index (χ2v) is 11.7. The average molecular weight is 533 g/mol. The monoisotopic (exact) mass is 532 g/mol. The van der Waals surface area contributed by atoms with Crippen LogP contribution < -0.4 is 5.32 Å². The fourth-order valence-corrected chi connectivity index (χ4v) is 7.78. The van der Waals surface area contributed by atoms with Gasteiger partial charge in [-0.15, -0.1) is 11.3 Å². The predicted molar refractivity (Wildman–Crippen MR) is 144 cm³/mol. The first-order chi connectivity index (χ1) is 17.8. The minimum absolute atomic E-state index is 0.0599. The number of carboxylic acids is 1. The van der Waals surface area contributed by atoms with E-state index in [9.17, 15) is 23.1 Å². The number of aliphatic carboxylic acids is 1. The van der Waals surface area contributed by atoms with E-state index < -0.39 is 22.0 Å². The number of hydrogen-bond acceptors (Lipinski definition) is 5. The van der Waals surface area contributed by atoms with E-state index in [2.05, 4.69) is 5.32 Å². The molecule has 7 nitrogen and oxygen atoms in total. The predicted octanol–water partition coefficient (Wildman–Crippen LogP) is 5.70. The summed E-state index contributed by atoms with van der Waals surface area (Å²) in [6.45, 7) is 1.72. The maximum absolute atomic E-state index is 13.0. The maximum atomic E-state index is 13.0. The second kappa shape index (κ2) is 9.93. The molecule has 0 spiro atoms. The lowest BCUT2D eigenvalue weighted by atomic mass is 10.0. The molecule has 1 atom stereocenters. The van der Waals surface area contributed by atoms with E-state index in [1.807, 2.05) is 54.6 Å². The number of carboxylic acid groups (broad SMARTS) is 1. The zero-order valence-corrected chi connectivity index (χ0v) is 21.6. The third kappa shape index (κ3) is 4.81. The number of benzene rings is 3. The minimum Gasteiger partial charge on any atom is -0.480 e. The Morgan fingerprint density at radius 1 is 0.946 bits per heavy atom. The largest absolute Gasteiger partial charge is 0.480 e. The number of fused-ring (bicyclic) bond motifs is 1. The molecule has 3 aromatic carbocycles. The van der Waals surface area contributed by atoms with Crippen molar-refractivity contribution in [1.82, 2.24) is 4.31 Å². The molecule has 2 N–H and O–H groups in total. The van der Waals surface area contributed by atoms with Crippen LogP contribution in [0.4, 0.5) is 5.69 Å². The lowest BCUT2D eigenvalue weighted by molar-refractivity contribution is -0.141. The van der Waals surface area contributed by atoms with Crippen LogP contribution in [0.5, 0.6) is 0 Å². The van der Waals surface area contributed by atoms with Gasteiger partial charge in [-0.05, 0) is 53.4 Å². The van der Waals surface area contributed by atoms with Crippen LogP contribution in [0, 0.1) is 0 Å². The number of thiophene rings is 1. The van der Waals surface area contributed by atoms with Crippen molar-refractivity contribution >= 4 is 38.9 Å². The molecule has 1 aliphatic heterocycles. The van der Waals surface area contributed by atoms with E-state index in [1.54, 1.807) is 37.3 Å². The molecule has 1 amide bonds. The van der Waals surface area contributed by atoms with Gasteiger partial charge in [0.2, 0.25) is 10.0 Å². The minimum atomic E-state index is -3.86. The van der Waals surface area contributed by atoms with E-state index in [0.717, 1.165) is 25.9 Å². The number of rotatable bonds is 7. The molecule has 1 unspecified atom stereocenters. The molecule has 0 aliphatic carbocycles. The van der Waals surface area contributed by atoms with E-state index >= 15 is 0 Å². The fraction of sp³-hybridized carbons (Fsp3) is 0.143. The van der Waals surface area contributed by atoms with Crippen molar-refractivity contribution in [2.75, 3.05) is 5.32 Å². The SMILES string of the molecule is CCC(C(=O)O)N1Cc2sc(-c3ccc(NC(=O)c4ccc(-c5ccccc5)cc4)cc3)cc2S1(=O)=O. The second-order valence-electron chi connectivity index (χ2n) is 8.69. The van der Waals surface area contributed by atoms with Crippen LogP contribution in [-0.2, 0) is 21.4 Å². The smallest absolute Gasteiger partial charge is 0.322 e. The zero-order chi connectivity index (χ0) is 26.2. The Morgan fingerprint density at radius 3 is 2.16 bits per heavy atom. The summed E-state index contributed by atoms with van der Waals surface area (Å²) >= 11 is 1.34. The highest BCUT2D eigenvalue weighted by atomic mass is 32.2. The van der Waals surface area contributed by atoms with Crippen LogP contribution >= 0.6 is 11.3 Å². The van der Waals surface area contributed by atoms with Crippen LogP contribution in [-0.4, -0.2) is 35.7 Å². The van der Waals surface area contributed by atoms with Gasteiger partial charge in [-0.2, -0.15) is 4.31 Å². The van der Waals surface area contributed by atoms with Gasteiger partial charge in [0.15, 0.2) is 0 Å². The third-order valence-corrected chi connectivity index (χ3v) is 9.58. The molecule has 2 heterocycles. The fourth-order valence-electron chi connectivity index (χ4n) is 4.38. The molecule has 9 heteroatoms. The highest BCUT2D eigenvalue weighted by molar-refractivity contribution is 7.89. The Balaban J connectivity index is 1.28. The number of anilines is 1. The van der Waals surface area contributed by atoms with Crippen molar-refractivity contribution in [3.05, 3.63) is 95.4 Å². The summed E-state index contributed by atoms with van der Waals surface area (Å²) < 4.78 is 27.0. The van der Waals surface area contributed by atoms with Crippen molar-refractivity contribution in [3.63, 3.8) is 0 Å². The molecular weight excluding hydrogens is 508 g/mol. The molecule has 1 aliphatic rings. The average Bonchev–Trinajstić information content (AvgIpc) is 3.43. The summed E-state index contributed by atoms with van der Waals surface area (Å²) in [6, 6.07) is 25.1. The van der Waals surface area contributed by atoms with Gasteiger partial charge in [-0.3, -0.25) is 9.59 Å². The van der Waals surface area contributed by atoms with E-state index in [-0.39, 0.29) is 23.8 Å². The van der Waals surface area contributed by atoms with Crippen molar-refractivity contribution in [3.8, 4) is 21.6 Å². The van der Waals surface area contributed by atoms with Gasteiger partial charge < -0.3 is 10.4 Å². The highest BCUT2D eigenvalue weighted by Gasteiger charge is 2.43. The van der Waals surface area contributed by atoms with E-state index in [4.69, 9.17) is 0 Å². The Kier molecular flexibility index (Phi) is 6.68. The Bertz CT molecular complexity index is 1560. The summed E-state index contributed by atoms with van der Waals surface area (Å²) in [5, 5.41) is 12.3. The van der Waals surface area contributed by atoms with Crippen LogP contribution in [0.2, 0.25) is 0 Å². The molecule has 0 radical (unpaired) electrons. The number of hydrogen-bond donors (Lipinski definition) is 2. The molecule has 0 saturated carbocycles. The quantitative estimate of drug-likeness (QED) is 0.318. The van der Waals surface area contributed by atoms with Crippen molar-refractivity contribution in [1.29, 1.82) is 0 Å². The first kappa shape index (κ1) is 24.9. The summed E-state index contributed by atoms with van der Waals surface area (Å²) in [5.74, 6) is -1.37. The third-order valence-electron chi connectivity index (χ3n) is 6.36. The van der Waals surface area contributed by atoms with Gasteiger partial charge in [0.25, 0.3) is 5.91 Å². The molecule has 188 valence electrons. The number of nitrogens with one attached hydrogen (secondary N) is 1. The van der Waals surface area contributed by atoms with Gasteiger partial charge in [0.1, 0.15) is 6.04 Å². The first-order valence-corrected chi connectivity index (χ1v) is 14.0. The normalized spacial score (nSPS) is 15.2. The number of carbonyl (C=O) groups is 2. The van der Waals surface area contributed by atoms with Gasteiger partial charge in [-0.1, -0.05) is 61.5 Å². The molecule has 4 aromatic rings. The molecule has 0 bridgehead atoms. The number of amides is 1. The standard InChI is InChI=1S/C28H24N2O5S2/c1-2-23(28(32)33)30-17-25-26(37(30,34)35)16-24(36-25)20-12-14-22(15-13-20)29-27(31)21-10-8-19(9-11-21)18-6-4-3-5-7-18/h3-16,23H,2,17H2,1H3,(H,29,31)(H,32,33). The molecule has 0 fully saturated rings. The Hall–Kier alpha value is -3.79. The lowest BCUT2D eigenvalue weighted by Gasteiger charge is -2.21. The van der Waals surface area contributed by atoms with Crippen LogP contribution in [0.1, 0.15) is 28.6 Å². The van der Waals surface area contributed by atoms with Gasteiger partial charge in [0.05, 0.1) is 11.4 Å². The van der Waals surface area contributed by atoms with Crippen molar-refractivity contribution < 1.29 is 23.1 Å². The van der Waals surface area contributed by atoms with E-state index in [0.29, 0.717) is 16.1 Å². The maximum Gasteiger partial charge on any atom is 0.322 e. The van der Waals surface area contributed by atoms with Crippen LogP contribution in [0.15, 0.2) is 89.8 Å². The van der Waals surface area contributed by atoms with Gasteiger partial charge in [0, 0.05) is 21.0 Å². The highest BCUT2D eigenvalue weighted by Crippen LogP contribution is 2.42. The van der Waals surface area contributed by atoms with Crippen molar-refractivity contribution in [2.24, 2.45) is 0 Å². The molecule has 5 rings (SSSR count). The number of nitrogens with zero attached hydrogens (tertiary/aromatic N) is 1. The first-order valence-electron chi connectivity index (χ1n) is 11.7. The molecule has 1 aromatic heterocycles. The van der Waals surface area contributed by atoms with Crippen LogP contribution in [0.25, 0.3) is 21.6 Å². The zero-order valence-electron chi connectivity index (χ0n) is 19.9. The topological polar surface area (TPSA) is 104 Å². The lowest BCUT2D eigenvalue weighted by Crippen LogP contribution is -2.40. The molecule has 37 heavy (non-hydrogen) atoms. The summed E-state index contributed by atoms with van der Waals surface area (Å²) in [4.78, 5) is 25.8.